The van der Waals surface area contributed by atoms with Crippen LogP contribution in [0.2, 0.25) is 0 Å². The summed E-state index contributed by atoms with van der Waals surface area (Å²) in [6.07, 6.45) is 12.3. The second-order valence-corrected chi connectivity index (χ2v) is 27.7. The molecule has 11 rings (SSSR count). The summed E-state index contributed by atoms with van der Waals surface area (Å²) in [5, 5.41) is 5.65. The number of aryl methyl sites for hydroxylation is 2. The molecule has 4 amide bonds. The Morgan fingerprint density at radius 3 is 1.51 bits per heavy atom. The van der Waals surface area contributed by atoms with Crippen molar-refractivity contribution < 1.29 is 47.7 Å². The Balaban J connectivity index is 0.993. The lowest BCUT2D eigenvalue weighted by molar-refractivity contribution is -0.151. The van der Waals surface area contributed by atoms with E-state index in [1.54, 1.807) is 0 Å². The van der Waals surface area contributed by atoms with Crippen LogP contribution in [0.1, 0.15) is 173 Å². The van der Waals surface area contributed by atoms with Gasteiger partial charge >= 0.3 is 24.1 Å². The maximum atomic E-state index is 15.0. The van der Waals surface area contributed by atoms with E-state index in [1.807, 2.05) is 92.5 Å². The van der Waals surface area contributed by atoms with Gasteiger partial charge < -0.3 is 50.8 Å². The molecule has 2 aliphatic heterocycles. The molecule has 5 aromatic rings. The fraction of sp³-hybridized carbons (Fsp3) is 0.556. The number of ether oxygens (including phenoxy) is 4. The zero-order valence-electron chi connectivity index (χ0n) is 55.5. The number of nitrogens with zero attached hydrogens (tertiary/aromatic N) is 6. The lowest BCUT2D eigenvalue weighted by Gasteiger charge is -2.37. The largest absolute Gasteiger partial charge is 0.453 e. The highest BCUT2D eigenvalue weighted by Gasteiger charge is 2.51. The van der Waals surface area contributed by atoms with Gasteiger partial charge in [-0.1, -0.05) is 136 Å². The molecule has 494 valence electrons. The van der Waals surface area contributed by atoms with Crippen molar-refractivity contribution in [2.75, 3.05) is 14.2 Å². The third kappa shape index (κ3) is 13.9. The molecule has 3 aromatic carbocycles. The summed E-state index contributed by atoms with van der Waals surface area (Å²) in [5.41, 5.74) is 23.3. The SMILES string of the molecule is C=C1/C=C(/c2ccc3nc([C@@H]4C[C@@H]5CCCC[C@@H]5N4C(=O)C(NC(=O)OC)C(C)C)n(COC(=O)[C@@H](N)C(C)C)c3c2)C(=C)CCc2ccc(c(-c3ccc4nc([C@@H]5C[C@@H]6CCCC[C@@H]6N5C(=O)C(NC(=O)OC)C(C)C)n(COC(=O)[C@@H](N)C(C)C)c4c3)c2)CC1. The maximum absolute atomic E-state index is 15.0. The number of alkyl carbamates (subject to hydrolysis) is 2. The van der Waals surface area contributed by atoms with Gasteiger partial charge in [0.2, 0.25) is 11.8 Å². The van der Waals surface area contributed by atoms with Gasteiger partial charge in [-0.2, -0.15) is 0 Å². The van der Waals surface area contributed by atoms with Gasteiger partial charge in [0, 0.05) is 12.1 Å². The Hall–Kier alpha value is -7.84. The lowest BCUT2D eigenvalue weighted by Crippen LogP contribution is -2.54. The molecule has 4 heterocycles. The van der Waals surface area contributed by atoms with Crippen LogP contribution in [0.3, 0.4) is 0 Å². The maximum Gasteiger partial charge on any atom is 0.407 e. The van der Waals surface area contributed by atoms with Crippen molar-refractivity contribution in [1.29, 1.82) is 0 Å². The Morgan fingerprint density at radius 1 is 0.576 bits per heavy atom. The van der Waals surface area contributed by atoms with Gasteiger partial charge in [0.25, 0.3) is 0 Å². The van der Waals surface area contributed by atoms with Gasteiger partial charge in [0.05, 0.1) is 48.4 Å². The van der Waals surface area contributed by atoms with E-state index in [0.717, 1.165) is 101 Å². The summed E-state index contributed by atoms with van der Waals surface area (Å²) in [6, 6.07) is 14.5. The highest BCUT2D eigenvalue weighted by Crippen LogP contribution is 2.49. The predicted molar refractivity (Wildman–Crippen MR) is 354 cm³/mol. The lowest BCUT2D eigenvalue weighted by atomic mass is 9.84. The summed E-state index contributed by atoms with van der Waals surface area (Å²) in [4.78, 5) is 97.1. The molecule has 2 unspecified atom stereocenters. The molecule has 92 heavy (non-hydrogen) atoms. The number of rotatable bonds is 18. The van der Waals surface area contributed by atoms with Crippen molar-refractivity contribution in [2.24, 2.45) is 47.0 Å². The Kier molecular flexibility index (Phi) is 20.8. The van der Waals surface area contributed by atoms with Crippen LogP contribution < -0.4 is 22.1 Å². The third-order valence-electron chi connectivity index (χ3n) is 20.2. The van der Waals surface area contributed by atoms with E-state index >= 15 is 0 Å². The van der Waals surface area contributed by atoms with Crippen LogP contribution in [0.15, 0.2) is 85.0 Å². The quantitative estimate of drug-likeness (QED) is 0.0470. The standard InChI is InChI=1S/C72H96N10O10/c1-39(2)61(73)69(85)91-37-79-57-33-47(27-29-53(57)75-65(79)59-35-49-17-13-15-19-55(49)81(59)67(83)63(41(5)6)77-71(87)89-11)51-31-43(9)21-25-46-26-24-45(23-22-44(51)10)32-52(46)48-28-30-54-58(34-48)80(38-92-70(86)62(74)40(3)4)66(76-54)60-36-50-18-14-16-20-56(50)82(60)68(84)64(42(7)8)78-72(88)90-12/h24,26-34,39-42,49-50,55-56,59-64H,9-10,13-23,25,35-38,73-74H2,1-8,11-12H3,(H,77,87)(H,78,88)/b51-31+/t49-,50-,55-,56-,59-,60-,61-,62-,63?,64?/m0/s1. The van der Waals surface area contributed by atoms with Crippen LogP contribution in [0, 0.1) is 35.5 Å². The van der Waals surface area contributed by atoms with Crippen LogP contribution in [-0.4, -0.2) is 115 Å². The number of aromatic nitrogens is 4. The third-order valence-corrected chi connectivity index (χ3v) is 20.2. The Labute approximate surface area is 541 Å². The van der Waals surface area contributed by atoms with Gasteiger partial charge in [0.1, 0.15) is 35.8 Å². The van der Waals surface area contributed by atoms with Crippen molar-refractivity contribution in [3.05, 3.63) is 113 Å². The molecule has 2 saturated carbocycles. The molecule has 0 spiro atoms. The van der Waals surface area contributed by atoms with Gasteiger partial charge in [-0.15, -0.1) is 0 Å². The van der Waals surface area contributed by atoms with E-state index in [9.17, 15) is 28.8 Å². The number of hydrogen-bond acceptors (Lipinski definition) is 14. The molecule has 6 N–H and O–H groups in total. The number of imidazole rings is 2. The summed E-state index contributed by atoms with van der Waals surface area (Å²) >= 11 is 0. The first-order valence-corrected chi connectivity index (χ1v) is 33.4. The van der Waals surface area contributed by atoms with Crippen molar-refractivity contribution in [2.45, 2.75) is 207 Å². The highest BCUT2D eigenvalue weighted by molar-refractivity contribution is 5.90. The van der Waals surface area contributed by atoms with Crippen LogP contribution in [0.5, 0.6) is 0 Å². The highest BCUT2D eigenvalue weighted by atomic mass is 16.6. The number of fused-ring (bicyclic) bond motifs is 12. The van der Waals surface area contributed by atoms with E-state index in [2.05, 4.69) is 59.7 Å². The first kappa shape index (κ1) is 67.1. The Bertz CT molecular complexity index is 3650. The van der Waals surface area contributed by atoms with Gasteiger partial charge in [0.15, 0.2) is 13.5 Å². The van der Waals surface area contributed by atoms with Crippen molar-refractivity contribution in [1.82, 2.24) is 39.5 Å². The number of hydrogen-bond donors (Lipinski definition) is 4. The van der Waals surface area contributed by atoms with Crippen LogP contribution in [-0.2, 0) is 64.4 Å². The number of esters is 2. The summed E-state index contributed by atoms with van der Waals surface area (Å²) in [5.74, 6) is -0.628. The van der Waals surface area contributed by atoms with Gasteiger partial charge in [-0.05, 0) is 163 Å². The number of nitrogens with two attached hydrogens (primary N) is 2. The number of allylic oxidation sites excluding steroid dienone is 4. The van der Waals surface area contributed by atoms with Gasteiger partial charge in [-0.25, -0.2) is 19.6 Å². The van der Waals surface area contributed by atoms with Crippen LogP contribution in [0.25, 0.3) is 38.8 Å². The molecule has 2 saturated heterocycles. The minimum absolute atomic E-state index is 0.0583. The molecule has 0 radical (unpaired) electrons. The number of nitrogens with one attached hydrogen (secondary N) is 2. The zero-order valence-corrected chi connectivity index (χ0v) is 55.5. The van der Waals surface area contributed by atoms with E-state index in [0.29, 0.717) is 66.7 Å². The number of carbonyl (C=O) groups is 6. The molecule has 4 aliphatic carbocycles. The minimum Gasteiger partial charge on any atom is -0.453 e. The molecular weight excluding hydrogens is 1160 g/mol. The van der Waals surface area contributed by atoms with Gasteiger partial charge in [-0.3, -0.25) is 28.3 Å². The van der Waals surface area contributed by atoms with E-state index < -0.39 is 60.4 Å². The molecule has 6 aliphatic rings. The summed E-state index contributed by atoms with van der Waals surface area (Å²) in [6.45, 7) is 24.2. The monoisotopic (exact) mass is 1260 g/mol. The average Bonchev–Trinajstić information content (AvgIpc) is 1.60. The Morgan fingerprint density at radius 2 is 1.04 bits per heavy atom. The molecule has 2 bridgehead atoms. The van der Waals surface area contributed by atoms with Crippen molar-refractivity contribution in [3.8, 4) is 11.1 Å². The average molecular weight is 1260 g/mol. The number of methoxy groups -OCH3 is 2. The molecule has 2 aromatic heterocycles. The van der Waals surface area contributed by atoms with Crippen molar-refractivity contribution in [3.63, 3.8) is 0 Å². The van der Waals surface area contributed by atoms with Crippen LogP contribution in [0.4, 0.5) is 9.59 Å². The van der Waals surface area contributed by atoms with E-state index in [1.165, 1.54) is 14.2 Å². The predicted octanol–water partition coefficient (Wildman–Crippen LogP) is 11.5. The topological polar surface area (TPSA) is 258 Å². The number of carbonyl (C=O) groups excluding carboxylic acids is 6. The normalized spacial score (nSPS) is 22.9. The smallest absolute Gasteiger partial charge is 0.407 e. The second kappa shape index (κ2) is 28.6. The number of amides is 4. The molecule has 20 nitrogen and oxygen atoms in total. The molecular formula is C72H96N10O10. The molecule has 4 fully saturated rings. The minimum atomic E-state index is -0.851. The number of benzene rings is 3. The second-order valence-electron chi connectivity index (χ2n) is 27.7. The van der Waals surface area contributed by atoms with Crippen molar-refractivity contribution >= 4 is 63.6 Å². The first-order chi connectivity index (χ1) is 44.0. The van der Waals surface area contributed by atoms with Crippen LogP contribution >= 0.6 is 0 Å². The molecule has 10 atom stereocenters. The zero-order chi connectivity index (χ0) is 66.0. The number of likely N-dealkylation sites (tertiary alicyclic amines) is 2. The van der Waals surface area contributed by atoms with E-state index in [-0.39, 0.29) is 72.9 Å². The summed E-state index contributed by atoms with van der Waals surface area (Å²) < 4.78 is 26.0. The van der Waals surface area contributed by atoms with E-state index in [4.69, 9.17) is 47.0 Å². The fourth-order valence-corrected chi connectivity index (χ4v) is 14.8. The summed E-state index contributed by atoms with van der Waals surface area (Å²) in [7, 11) is 2.58. The fourth-order valence-electron chi connectivity index (χ4n) is 14.8. The molecule has 20 heteroatoms. The first-order valence-electron chi connectivity index (χ1n) is 33.4.